The van der Waals surface area contributed by atoms with Gasteiger partial charge in [0.25, 0.3) is 5.56 Å². The number of benzene rings is 1. The highest BCUT2D eigenvalue weighted by Gasteiger charge is 2.19. The Labute approximate surface area is 205 Å². The van der Waals surface area contributed by atoms with Crippen molar-refractivity contribution < 1.29 is 4.74 Å². The van der Waals surface area contributed by atoms with Gasteiger partial charge in [0.1, 0.15) is 5.75 Å². The van der Waals surface area contributed by atoms with E-state index in [4.69, 9.17) is 4.74 Å². The summed E-state index contributed by atoms with van der Waals surface area (Å²) in [4.78, 5) is 34.3. The van der Waals surface area contributed by atoms with Gasteiger partial charge in [0.05, 0.1) is 19.1 Å². The van der Waals surface area contributed by atoms with Crippen LogP contribution in [0.1, 0.15) is 12.8 Å². The van der Waals surface area contributed by atoms with Crippen molar-refractivity contribution in [3.63, 3.8) is 0 Å². The number of hydrogen-bond acceptors (Lipinski definition) is 6. The van der Waals surface area contributed by atoms with Crippen LogP contribution in [0.4, 0.5) is 5.69 Å². The van der Waals surface area contributed by atoms with Crippen LogP contribution in [-0.4, -0.2) is 63.4 Å². The molecule has 0 spiro atoms. The van der Waals surface area contributed by atoms with Gasteiger partial charge in [0.15, 0.2) is 11.2 Å². The van der Waals surface area contributed by atoms with Gasteiger partial charge in [0, 0.05) is 46.8 Å². The molecule has 0 radical (unpaired) electrons. The van der Waals surface area contributed by atoms with E-state index >= 15 is 0 Å². The molecule has 1 aliphatic heterocycles. The minimum absolute atomic E-state index is 0. The first-order valence-electron chi connectivity index (χ1n) is 10.7. The van der Waals surface area contributed by atoms with E-state index in [-0.39, 0.29) is 36.1 Å². The number of aryl methyl sites for hydroxylation is 2. The number of fused-ring (bicyclic) bond motifs is 1. The van der Waals surface area contributed by atoms with Crippen molar-refractivity contribution in [3.8, 4) is 5.75 Å². The lowest BCUT2D eigenvalue weighted by Gasteiger charge is -2.36. The van der Waals surface area contributed by atoms with Gasteiger partial charge >= 0.3 is 5.69 Å². The normalized spacial score (nSPS) is 14.1. The number of halogens is 2. The van der Waals surface area contributed by atoms with Crippen LogP contribution in [0.15, 0.2) is 40.2 Å². The molecule has 0 N–H and O–H groups in total. The average Bonchev–Trinajstić information content (AvgIpc) is 3.19. The van der Waals surface area contributed by atoms with Gasteiger partial charge in [-0.05, 0) is 31.5 Å². The molecule has 1 saturated heterocycles. The van der Waals surface area contributed by atoms with Gasteiger partial charge in [-0.25, -0.2) is 9.78 Å². The first-order valence-corrected chi connectivity index (χ1v) is 10.7. The smallest absolute Gasteiger partial charge is 0.332 e. The van der Waals surface area contributed by atoms with Crippen LogP contribution in [0.25, 0.3) is 11.2 Å². The van der Waals surface area contributed by atoms with Gasteiger partial charge in [-0.1, -0.05) is 12.1 Å². The number of nitrogens with zero attached hydrogens (tertiary/aromatic N) is 6. The average molecular weight is 499 g/mol. The zero-order chi connectivity index (χ0) is 22.0. The Hall–Kier alpha value is -2.49. The highest BCUT2D eigenvalue weighted by atomic mass is 35.5. The molecular formula is C22H32Cl2N6O3. The summed E-state index contributed by atoms with van der Waals surface area (Å²) < 4.78 is 9.95. The molecule has 0 bridgehead atoms. The molecule has 1 aromatic carbocycles. The fourth-order valence-electron chi connectivity index (χ4n) is 4.30. The highest BCUT2D eigenvalue weighted by molar-refractivity contribution is 5.85. The van der Waals surface area contributed by atoms with Gasteiger partial charge in [-0.2, -0.15) is 0 Å². The Morgan fingerprint density at radius 3 is 2.33 bits per heavy atom. The molecule has 33 heavy (non-hydrogen) atoms. The summed E-state index contributed by atoms with van der Waals surface area (Å²) in [6, 6.07) is 8.13. The molecule has 2 aromatic heterocycles. The lowest BCUT2D eigenvalue weighted by atomic mass is 10.2. The Bertz CT molecular complexity index is 1180. The highest BCUT2D eigenvalue weighted by Crippen LogP contribution is 2.28. The number of anilines is 1. The lowest BCUT2D eigenvalue weighted by Crippen LogP contribution is -2.46. The Morgan fingerprint density at radius 2 is 1.64 bits per heavy atom. The van der Waals surface area contributed by atoms with Gasteiger partial charge in [-0.3, -0.25) is 18.8 Å². The minimum atomic E-state index is -0.304. The maximum Gasteiger partial charge on any atom is 0.332 e. The molecule has 4 rings (SSSR count). The van der Waals surface area contributed by atoms with Gasteiger partial charge < -0.3 is 14.2 Å². The summed E-state index contributed by atoms with van der Waals surface area (Å²) in [6.07, 6.45) is 3.29. The zero-order valence-corrected chi connectivity index (χ0v) is 20.9. The molecule has 11 heteroatoms. The summed E-state index contributed by atoms with van der Waals surface area (Å²) in [6.45, 7) is 5.27. The summed E-state index contributed by atoms with van der Waals surface area (Å²) in [7, 11) is 5.14. The lowest BCUT2D eigenvalue weighted by molar-refractivity contribution is 0.250. The summed E-state index contributed by atoms with van der Waals surface area (Å²) in [5.74, 6) is 0.911. The molecule has 9 nitrogen and oxygen atoms in total. The SMILES string of the molecule is COc1ccccc1N1CCN(CCCCn2c(=O)c3c(ncn3C)n(C)c2=O)CC1.Cl.Cl. The third-order valence-electron chi connectivity index (χ3n) is 6.11. The van der Waals surface area contributed by atoms with E-state index < -0.39 is 0 Å². The number of ether oxygens (including phenoxy) is 1. The molecule has 3 aromatic rings. The quantitative estimate of drug-likeness (QED) is 0.463. The second kappa shape index (κ2) is 11.6. The maximum absolute atomic E-state index is 12.8. The number of para-hydroxylation sites is 2. The van der Waals surface area contributed by atoms with E-state index in [0.29, 0.717) is 17.7 Å². The van der Waals surface area contributed by atoms with Crippen LogP contribution >= 0.6 is 24.8 Å². The standard InChI is InChI=1S/C22H30N6O3.2ClH/c1-24-16-23-20-19(24)21(29)28(22(30)25(20)2)11-7-6-10-26-12-14-27(15-13-26)17-8-4-5-9-18(17)31-3;;/h4-5,8-9,16H,6-7,10-15H2,1-3H3;2*1H. The number of hydrogen-bond donors (Lipinski definition) is 0. The number of unbranched alkanes of at least 4 members (excludes halogenated alkanes) is 1. The van der Waals surface area contributed by atoms with E-state index in [1.807, 2.05) is 18.2 Å². The monoisotopic (exact) mass is 498 g/mol. The summed E-state index contributed by atoms with van der Waals surface area (Å²) in [5.41, 5.74) is 1.48. The van der Waals surface area contributed by atoms with Crippen LogP contribution in [0.3, 0.4) is 0 Å². The number of piperazine rings is 1. The van der Waals surface area contributed by atoms with Crippen LogP contribution in [0.2, 0.25) is 0 Å². The van der Waals surface area contributed by atoms with E-state index in [9.17, 15) is 9.59 Å². The second-order valence-electron chi connectivity index (χ2n) is 8.03. The van der Waals surface area contributed by atoms with Crippen molar-refractivity contribution in [3.05, 3.63) is 51.4 Å². The predicted molar refractivity (Wildman–Crippen MR) is 136 cm³/mol. The minimum Gasteiger partial charge on any atom is -0.495 e. The van der Waals surface area contributed by atoms with Crippen LogP contribution < -0.4 is 20.9 Å². The zero-order valence-electron chi connectivity index (χ0n) is 19.3. The molecule has 3 heterocycles. The fraction of sp³-hybridized carbons (Fsp3) is 0.500. The Kier molecular flexibility index (Phi) is 9.39. The van der Waals surface area contributed by atoms with Crippen molar-refractivity contribution in [1.82, 2.24) is 23.6 Å². The molecular weight excluding hydrogens is 467 g/mol. The Morgan fingerprint density at radius 1 is 0.970 bits per heavy atom. The van der Waals surface area contributed by atoms with Crippen LogP contribution in [0, 0.1) is 0 Å². The first kappa shape index (κ1) is 26.8. The summed E-state index contributed by atoms with van der Waals surface area (Å²) in [5, 5.41) is 0. The van der Waals surface area contributed by atoms with Gasteiger partial charge in [-0.15, -0.1) is 24.8 Å². The Balaban J connectivity index is 0.00000193. The number of rotatable bonds is 7. The number of methoxy groups -OCH3 is 1. The molecule has 0 amide bonds. The molecule has 1 aliphatic rings. The number of aromatic nitrogens is 4. The molecule has 1 fully saturated rings. The number of imidazole rings is 1. The molecule has 0 saturated carbocycles. The topological polar surface area (TPSA) is 77.5 Å². The van der Waals surface area contributed by atoms with Crippen molar-refractivity contribution >= 4 is 41.7 Å². The fourth-order valence-corrected chi connectivity index (χ4v) is 4.30. The van der Waals surface area contributed by atoms with Crippen LogP contribution in [-0.2, 0) is 20.6 Å². The van der Waals surface area contributed by atoms with E-state index in [0.717, 1.165) is 57.0 Å². The van der Waals surface area contributed by atoms with E-state index in [1.165, 1.54) is 9.13 Å². The third-order valence-corrected chi connectivity index (χ3v) is 6.11. The van der Waals surface area contributed by atoms with Crippen LogP contribution in [0.5, 0.6) is 5.75 Å². The molecule has 0 atom stereocenters. The second-order valence-corrected chi connectivity index (χ2v) is 8.03. The first-order chi connectivity index (χ1) is 15.0. The largest absolute Gasteiger partial charge is 0.495 e. The van der Waals surface area contributed by atoms with Crippen molar-refractivity contribution in [2.45, 2.75) is 19.4 Å². The van der Waals surface area contributed by atoms with E-state index in [2.05, 4.69) is 20.9 Å². The molecule has 0 unspecified atom stereocenters. The molecule has 182 valence electrons. The summed E-state index contributed by atoms with van der Waals surface area (Å²) >= 11 is 0. The van der Waals surface area contributed by atoms with Crippen molar-refractivity contribution in [1.29, 1.82) is 0 Å². The predicted octanol–water partition coefficient (Wildman–Crippen LogP) is 1.89. The third kappa shape index (κ3) is 5.37. The maximum atomic E-state index is 12.8. The van der Waals surface area contributed by atoms with Crippen molar-refractivity contribution in [2.75, 3.05) is 44.7 Å². The van der Waals surface area contributed by atoms with Gasteiger partial charge in [0.2, 0.25) is 0 Å². The van der Waals surface area contributed by atoms with E-state index in [1.54, 1.807) is 32.1 Å². The molecule has 0 aliphatic carbocycles. The van der Waals surface area contributed by atoms with Crippen molar-refractivity contribution in [2.24, 2.45) is 14.1 Å².